The van der Waals surface area contributed by atoms with Gasteiger partial charge in [-0.2, -0.15) is 0 Å². The summed E-state index contributed by atoms with van der Waals surface area (Å²) in [5, 5.41) is 3.08. The second-order valence-electron chi connectivity index (χ2n) is 4.80. The van der Waals surface area contributed by atoms with Crippen LogP contribution in [0.1, 0.15) is 52.9 Å². The maximum Gasteiger partial charge on any atom is 0.355 e. The SMILES string of the molecule is CCOC(=O)c1[nH]c(C)c(C(=O)CNC(C)C)c1C. The Kier molecular flexibility index (Phi) is 5.30. The summed E-state index contributed by atoms with van der Waals surface area (Å²) in [7, 11) is 0. The Morgan fingerprint density at radius 3 is 2.47 bits per heavy atom. The normalized spacial score (nSPS) is 10.8. The molecule has 0 aliphatic carbocycles. The number of hydrogen-bond acceptors (Lipinski definition) is 4. The maximum absolute atomic E-state index is 12.1. The van der Waals surface area contributed by atoms with Crippen molar-refractivity contribution < 1.29 is 14.3 Å². The van der Waals surface area contributed by atoms with Gasteiger partial charge in [-0.25, -0.2) is 4.79 Å². The van der Waals surface area contributed by atoms with Gasteiger partial charge in [0.05, 0.1) is 13.2 Å². The third-order valence-corrected chi connectivity index (χ3v) is 2.87. The molecule has 5 heteroatoms. The van der Waals surface area contributed by atoms with Gasteiger partial charge in [-0.05, 0) is 26.3 Å². The first-order valence-corrected chi connectivity index (χ1v) is 6.51. The molecular weight excluding hydrogens is 244 g/mol. The third-order valence-electron chi connectivity index (χ3n) is 2.87. The molecule has 0 fully saturated rings. The molecule has 1 heterocycles. The van der Waals surface area contributed by atoms with E-state index >= 15 is 0 Å². The molecule has 1 aromatic heterocycles. The van der Waals surface area contributed by atoms with Crippen LogP contribution in [0.4, 0.5) is 0 Å². The van der Waals surface area contributed by atoms with Gasteiger partial charge in [0.1, 0.15) is 5.69 Å². The second kappa shape index (κ2) is 6.52. The molecule has 2 N–H and O–H groups in total. The molecule has 0 amide bonds. The zero-order chi connectivity index (χ0) is 14.6. The predicted octanol–water partition coefficient (Wildman–Crippen LogP) is 1.99. The van der Waals surface area contributed by atoms with E-state index in [1.54, 1.807) is 20.8 Å². The third kappa shape index (κ3) is 3.67. The molecule has 106 valence electrons. The van der Waals surface area contributed by atoms with E-state index in [4.69, 9.17) is 4.74 Å². The standard InChI is InChI=1S/C14H22N2O3/c1-6-19-14(18)13-9(4)12(10(5)16-13)11(17)7-15-8(2)3/h8,15-16H,6-7H2,1-5H3. The highest BCUT2D eigenvalue weighted by Crippen LogP contribution is 2.19. The van der Waals surface area contributed by atoms with Gasteiger partial charge in [-0.1, -0.05) is 13.8 Å². The van der Waals surface area contributed by atoms with Crippen LogP contribution >= 0.6 is 0 Å². The second-order valence-corrected chi connectivity index (χ2v) is 4.80. The van der Waals surface area contributed by atoms with Crippen LogP contribution in [-0.2, 0) is 4.74 Å². The monoisotopic (exact) mass is 266 g/mol. The van der Waals surface area contributed by atoms with Crippen LogP contribution in [-0.4, -0.2) is 35.9 Å². The quantitative estimate of drug-likeness (QED) is 0.610. The predicted molar refractivity (Wildman–Crippen MR) is 73.7 cm³/mol. The number of ether oxygens (including phenoxy) is 1. The van der Waals surface area contributed by atoms with Crippen molar-refractivity contribution in [2.45, 2.75) is 40.7 Å². The van der Waals surface area contributed by atoms with E-state index in [9.17, 15) is 9.59 Å². The minimum Gasteiger partial charge on any atom is -0.461 e. The Bertz CT molecular complexity index is 475. The summed E-state index contributed by atoms with van der Waals surface area (Å²) in [5.41, 5.74) is 2.31. The van der Waals surface area contributed by atoms with Gasteiger partial charge >= 0.3 is 5.97 Å². The average Bonchev–Trinajstić information content (AvgIpc) is 2.62. The molecule has 1 rings (SSSR count). The molecule has 5 nitrogen and oxygen atoms in total. The van der Waals surface area contributed by atoms with Crippen LogP contribution < -0.4 is 5.32 Å². The van der Waals surface area contributed by atoms with Crippen molar-refractivity contribution in [3.05, 3.63) is 22.5 Å². The first-order chi connectivity index (χ1) is 8.88. The van der Waals surface area contributed by atoms with Gasteiger partial charge < -0.3 is 15.0 Å². The molecule has 0 radical (unpaired) electrons. The minimum atomic E-state index is -0.418. The molecule has 0 aliphatic heterocycles. The number of ketones is 1. The van der Waals surface area contributed by atoms with Crippen molar-refractivity contribution in [3.63, 3.8) is 0 Å². The highest BCUT2D eigenvalue weighted by atomic mass is 16.5. The van der Waals surface area contributed by atoms with Crippen LogP contribution in [0, 0.1) is 13.8 Å². The van der Waals surface area contributed by atoms with Crippen molar-refractivity contribution >= 4 is 11.8 Å². The lowest BCUT2D eigenvalue weighted by Crippen LogP contribution is -2.29. The molecule has 0 unspecified atom stereocenters. The van der Waals surface area contributed by atoms with Crippen LogP contribution in [0.3, 0.4) is 0 Å². The smallest absolute Gasteiger partial charge is 0.355 e. The molecule has 19 heavy (non-hydrogen) atoms. The van der Waals surface area contributed by atoms with Crippen LogP contribution in [0.25, 0.3) is 0 Å². The molecule has 0 saturated heterocycles. The highest BCUT2D eigenvalue weighted by molar-refractivity contribution is 6.03. The minimum absolute atomic E-state index is 0.0181. The topological polar surface area (TPSA) is 71.2 Å². The molecular formula is C14H22N2O3. The van der Waals surface area contributed by atoms with Crippen molar-refractivity contribution in [3.8, 4) is 0 Å². The van der Waals surface area contributed by atoms with Crippen LogP contribution in [0.5, 0.6) is 0 Å². The summed E-state index contributed by atoms with van der Waals surface area (Å²) in [6.07, 6.45) is 0. The number of esters is 1. The summed E-state index contributed by atoms with van der Waals surface area (Å²) in [4.78, 5) is 26.8. The number of nitrogens with one attached hydrogen (secondary N) is 2. The average molecular weight is 266 g/mol. The number of hydrogen-bond donors (Lipinski definition) is 2. The number of carbonyl (C=O) groups is 2. The van der Waals surface area contributed by atoms with Gasteiger partial charge in [0, 0.05) is 17.3 Å². The van der Waals surface area contributed by atoms with Crippen molar-refractivity contribution in [1.82, 2.24) is 10.3 Å². The van der Waals surface area contributed by atoms with Gasteiger partial charge in [-0.3, -0.25) is 4.79 Å². The van der Waals surface area contributed by atoms with E-state index in [0.717, 1.165) is 0 Å². The summed E-state index contributed by atoms with van der Waals surface area (Å²) in [6, 6.07) is 0.244. The van der Waals surface area contributed by atoms with Crippen molar-refractivity contribution in [1.29, 1.82) is 0 Å². The molecule has 0 saturated carbocycles. The van der Waals surface area contributed by atoms with Crippen LogP contribution in [0.2, 0.25) is 0 Å². The molecule has 0 aliphatic rings. The molecule has 0 aromatic carbocycles. The molecule has 0 spiro atoms. The number of aryl methyl sites for hydroxylation is 1. The fourth-order valence-corrected chi connectivity index (χ4v) is 1.96. The number of aromatic nitrogens is 1. The van der Waals surface area contributed by atoms with Gasteiger partial charge in [0.2, 0.25) is 0 Å². The number of H-pyrrole nitrogens is 1. The van der Waals surface area contributed by atoms with E-state index in [1.165, 1.54) is 0 Å². The van der Waals surface area contributed by atoms with Crippen molar-refractivity contribution in [2.24, 2.45) is 0 Å². The Hall–Kier alpha value is -1.62. The van der Waals surface area contributed by atoms with Crippen LogP contribution in [0.15, 0.2) is 0 Å². The number of Topliss-reactive ketones (excluding diaryl/α,β-unsaturated/α-hetero) is 1. The molecule has 1 aromatic rings. The summed E-state index contributed by atoms with van der Waals surface area (Å²) >= 11 is 0. The molecule has 0 atom stereocenters. The van der Waals surface area contributed by atoms with Crippen molar-refractivity contribution in [2.75, 3.05) is 13.2 Å². The fraction of sp³-hybridized carbons (Fsp3) is 0.571. The zero-order valence-electron chi connectivity index (χ0n) is 12.2. The number of carbonyl (C=O) groups excluding carboxylic acids is 2. The Balaban J connectivity index is 2.96. The van der Waals surface area contributed by atoms with E-state index < -0.39 is 5.97 Å². The van der Waals surface area contributed by atoms with E-state index in [-0.39, 0.29) is 18.4 Å². The Labute approximate surface area is 113 Å². The summed E-state index contributed by atoms with van der Waals surface area (Å²) < 4.78 is 4.96. The van der Waals surface area contributed by atoms with E-state index in [1.807, 2.05) is 13.8 Å². The van der Waals surface area contributed by atoms with E-state index in [2.05, 4.69) is 10.3 Å². The highest BCUT2D eigenvalue weighted by Gasteiger charge is 2.22. The lowest BCUT2D eigenvalue weighted by atomic mass is 10.1. The fourth-order valence-electron chi connectivity index (χ4n) is 1.96. The first kappa shape index (κ1) is 15.4. The maximum atomic E-state index is 12.1. The summed E-state index contributed by atoms with van der Waals surface area (Å²) in [6.45, 7) is 9.84. The van der Waals surface area contributed by atoms with E-state index in [0.29, 0.717) is 29.1 Å². The lowest BCUT2D eigenvalue weighted by molar-refractivity contribution is 0.0519. The Morgan fingerprint density at radius 1 is 1.32 bits per heavy atom. The lowest BCUT2D eigenvalue weighted by Gasteiger charge is -2.07. The largest absolute Gasteiger partial charge is 0.461 e. The van der Waals surface area contributed by atoms with Gasteiger partial charge in [0.25, 0.3) is 0 Å². The van der Waals surface area contributed by atoms with Gasteiger partial charge in [0.15, 0.2) is 5.78 Å². The summed E-state index contributed by atoms with van der Waals surface area (Å²) in [5.74, 6) is -0.436. The Morgan fingerprint density at radius 2 is 1.95 bits per heavy atom. The van der Waals surface area contributed by atoms with Gasteiger partial charge in [-0.15, -0.1) is 0 Å². The molecule has 0 bridgehead atoms. The number of aromatic amines is 1. The first-order valence-electron chi connectivity index (χ1n) is 6.51. The number of rotatable bonds is 6. The zero-order valence-corrected chi connectivity index (χ0v) is 12.2.